The number of azide groups is 1. The van der Waals surface area contributed by atoms with Gasteiger partial charge in [0.05, 0.1) is 25.4 Å². The molecule has 0 bridgehead atoms. The minimum Gasteiger partial charge on any atom is -0.756 e. The number of unbranched alkanes of at least 4 members (excludes halogenated alkanes) is 6. The first-order valence-electron chi connectivity index (χ1n) is 13.9. The molecule has 0 aliphatic carbocycles. The Bertz CT molecular complexity index is 1080. The van der Waals surface area contributed by atoms with E-state index in [1.54, 1.807) is 0 Å². The maximum absolute atomic E-state index is 12.3. The van der Waals surface area contributed by atoms with Crippen LogP contribution in [0.4, 0.5) is 0 Å². The molecule has 1 N–H and O–H groups in total. The number of aryl methyl sites for hydroxylation is 1. The zero-order valence-electron chi connectivity index (χ0n) is 24.3. The van der Waals surface area contributed by atoms with Crippen LogP contribution in [0.15, 0.2) is 20.9 Å². The summed E-state index contributed by atoms with van der Waals surface area (Å²) in [4.78, 5) is 41.1. The van der Waals surface area contributed by atoms with Crippen LogP contribution >= 0.6 is 19.6 Å². The van der Waals surface area contributed by atoms with Crippen LogP contribution in [-0.4, -0.2) is 45.9 Å². The minimum absolute atomic E-state index is 0. The van der Waals surface area contributed by atoms with Crippen molar-refractivity contribution in [2.75, 3.05) is 19.0 Å². The fraction of sp³-hybridized carbons (Fsp3) is 0.840. The Labute approximate surface area is 262 Å². The minimum atomic E-state index is -4.60. The smallest absolute Gasteiger partial charge is 0.756 e. The van der Waals surface area contributed by atoms with Gasteiger partial charge in [-0.05, 0) is 37.5 Å². The fourth-order valence-electron chi connectivity index (χ4n) is 4.45. The van der Waals surface area contributed by atoms with Gasteiger partial charge >= 0.3 is 35.2 Å². The van der Waals surface area contributed by atoms with Crippen LogP contribution in [0.3, 0.4) is 0 Å². The van der Waals surface area contributed by atoms with E-state index in [4.69, 9.17) is 19.3 Å². The van der Waals surface area contributed by atoms with Gasteiger partial charge in [-0.1, -0.05) is 63.9 Å². The van der Waals surface area contributed by atoms with Gasteiger partial charge in [-0.15, -0.1) is 0 Å². The molecular formula is C25H43N5NaO7PS. The molecule has 0 saturated carbocycles. The van der Waals surface area contributed by atoms with Crippen LogP contribution in [0, 0.1) is 6.92 Å². The zero-order chi connectivity index (χ0) is 28.7. The van der Waals surface area contributed by atoms with Crippen molar-refractivity contribution in [1.29, 1.82) is 0 Å². The molecule has 1 aliphatic heterocycles. The third-order valence-corrected chi connectivity index (χ3v) is 9.26. The number of rotatable bonds is 20. The monoisotopic (exact) mass is 611 g/mol. The van der Waals surface area contributed by atoms with Crippen LogP contribution in [0.5, 0.6) is 0 Å². The van der Waals surface area contributed by atoms with Gasteiger partial charge < -0.3 is 18.7 Å². The Morgan fingerprint density at radius 1 is 1.23 bits per heavy atom. The topological polar surface area (TPSA) is 171 Å². The van der Waals surface area contributed by atoms with E-state index < -0.39 is 44.1 Å². The Morgan fingerprint density at radius 2 is 1.93 bits per heavy atom. The number of thioether (sulfide) groups is 1. The molecule has 0 radical (unpaired) electrons. The number of hydrogen-bond acceptors (Lipinski definition) is 9. The van der Waals surface area contributed by atoms with Crippen molar-refractivity contribution >= 4 is 19.6 Å². The van der Waals surface area contributed by atoms with Crippen LogP contribution < -0.4 is 45.7 Å². The number of phosphoric acid groups is 1. The summed E-state index contributed by atoms with van der Waals surface area (Å²) in [6.07, 6.45) is 11.6. The first kappa shape index (κ1) is 37.4. The second-order valence-corrected chi connectivity index (χ2v) is 12.7. The van der Waals surface area contributed by atoms with E-state index in [-0.39, 0.29) is 42.6 Å². The quantitative estimate of drug-likeness (QED) is 0.0585. The van der Waals surface area contributed by atoms with Crippen molar-refractivity contribution in [1.82, 2.24) is 9.55 Å². The number of hydrogen-bond donors (Lipinski definition) is 1. The van der Waals surface area contributed by atoms with E-state index in [0.717, 1.165) is 12.2 Å². The molecule has 2 rings (SSSR count). The zero-order valence-corrected chi connectivity index (χ0v) is 28.0. The number of nitrogens with one attached hydrogen (secondary N) is 1. The van der Waals surface area contributed by atoms with Crippen molar-refractivity contribution in [3.63, 3.8) is 0 Å². The van der Waals surface area contributed by atoms with Gasteiger partial charge in [0.15, 0.2) is 0 Å². The van der Waals surface area contributed by atoms with Gasteiger partial charge in [-0.2, -0.15) is 11.8 Å². The number of H-pyrrole nitrogens is 1. The Morgan fingerprint density at radius 3 is 2.60 bits per heavy atom. The van der Waals surface area contributed by atoms with Crippen molar-refractivity contribution < 1.29 is 52.8 Å². The van der Waals surface area contributed by atoms with Gasteiger partial charge in [-0.25, -0.2) is 4.79 Å². The molecule has 1 aliphatic rings. The average molecular weight is 612 g/mol. The van der Waals surface area contributed by atoms with Crippen molar-refractivity contribution in [2.24, 2.45) is 5.11 Å². The first-order valence-corrected chi connectivity index (χ1v) is 16.4. The molecule has 40 heavy (non-hydrogen) atoms. The normalized spacial score (nSPS) is 20.9. The average Bonchev–Trinajstić information content (AvgIpc) is 3.30. The molecule has 1 saturated heterocycles. The molecule has 0 amide bonds. The largest absolute Gasteiger partial charge is 1.00 e. The summed E-state index contributed by atoms with van der Waals surface area (Å²) in [5.74, 6) is 0.800. The molecule has 222 valence electrons. The Hall–Kier alpha value is -0.590. The summed E-state index contributed by atoms with van der Waals surface area (Å²) in [5, 5.41) is 4.23. The molecule has 2 heterocycles. The first-order chi connectivity index (χ1) is 18.7. The van der Waals surface area contributed by atoms with Gasteiger partial charge in [0.1, 0.15) is 6.23 Å². The maximum Gasteiger partial charge on any atom is 1.00 e. The van der Waals surface area contributed by atoms with Crippen molar-refractivity contribution in [3.05, 3.63) is 43.0 Å². The third kappa shape index (κ3) is 13.6. The van der Waals surface area contributed by atoms with Crippen LogP contribution in [0.2, 0.25) is 0 Å². The summed E-state index contributed by atoms with van der Waals surface area (Å²) >= 11 is 1.86. The summed E-state index contributed by atoms with van der Waals surface area (Å²) in [6, 6.07) is -0.766. The predicted octanol–water partition coefficient (Wildman–Crippen LogP) is 2.36. The van der Waals surface area contributed by atoms with Crippen LogP contribution in [0.1, 0.15) is 96.3 Å². The van der Waals surface area contributed by atoms with Gasteiger partial charge in [-0.3, -0.25) is 18.9 Å². The standard InChI is InChI=1S/C25H44N5O7PS.Na/c1-4-6-7-8-9-10-11-13-20(5-2)39-15-12-14-35-38(33,34)36-18-22-21(28-29-26)16-23(37-22)30-17-19(3)24(31)27-25(30)32;/h17,20-23H,4-16,18H2,1-3H3,(H,33,34)(H,27,31,32);/q;+1/p-1/t20?,21-,22+,23+;/m0./s1. The second-order valence-electron chi connectivity index (χ2n) is 9.86. The molecule has 2 unspecified atom stereocenters. The van der Waals surface area contributed by atoms with E-state index in [9.17, 15) is 19.0 Å². The number of nitrogens with zero attached hydrogens (tertiary/aromatic N) is 4. The summed E-state index contributed by atoms with van der Waals surface area (Å²) < 4.78 is 29.3. The maximum atomic E-state index is 12.3. The molecule has 1 aromatic heterocycles. The molecule has 15 heteroatoms. The Balaban J connectivity index is 0.00000800. The molecule has 5 atom stereocenters. The number of phosphoric ester groups is 1. The van der Waals surface area contributed by atoms with Gasteiger partial charge in [0.25, 0.3) is 13.4 Å². The number of ether oxygens (including phenoxy) is 1. The van der Waals surface area contributed by atoms with Crippen LogP contribution in [-0.2, 0) is 18.3 Å². The van der Waals surface area contributed by atoms with Gasteiger partial charge in [0, 0.05) is 28.3 Å². The summed E-state index contributed by atoms with van der Waals surface area (Å²) in [6.45, 7) is 5.54. The van der Waals surface area contributed by atoms with E-state index in [0.29, 0.717) is 17.2 Å². The second kappa shape index (κ2) is 20.3. The SMILES string of the molecule is CCCCCCCCCC(CC)SCCCOP(=O)([O-])OC[C@H]1O[C@@H](n2cc(C)c(=O)[nH]c2=O)C[C@@H]1N=[N+]=[N-].[Na+]. The van der Waals surface area contributed by atoms with E-state index >= 15 is 0 Å². The molecule has 1 aromatic rings. The summed E-state index contributed by atoms with van der Waals surface area (Å²) in [5.41, 5.74) is 8.00. The van der Waals surface area contributed by atoms with Crippen LogP contribution in [0.25, 0.3) is 10.4 Å². The molecule has 0 aromatic carbocycles. The van der Waals surface area contributed by atoms with E-state index in [1.165, 1.54) is 69.1 Å². The fourth-order valence-corrected chi connectivity index (χ4v) is 6.39. The molecule has 12 nitrogen and oxygen atoms in total. The predicted molar refractivity (Wildman–Crippen MR) is 151 cm³/mol. The summed E-state index contributed by atoms with van der Waals surface area (Å²) in [7, 11) is -4.60. The third-order valence-electron chi connectivity index (χ3n) is 6.73. The van der Waals surface area contributed by atoms with Crippen molar-refractivity contribution in [2.45, 2.75) is 115 Å². The molecule has 1 fully saturated rings. The van der Waals surface area contributed by atoms with Crippen molar-refractivity contribution in [3.8, 4) is 0 Å². The molecular weight excluding hydrogens is 568 g/mol. The van der Waals surface area contributed by atoms with E-state index in [2.05, 4.69) is 28.9 Å². The van der Waals surface area contributed by atoms with Gasteiger partial charge in [0.2, 0.25) is 0 Å². The van der Waals surface area contributed by atoms with E-state index in [1.807, 2.05) is 11.8 Å². The molecule has 0 spiro atoms. The number of aromatic nitrogens is 2. The Kier molecular flexibility index (Phi) is 19.0. The number of aromatic amines is 1.